The van der Waals surface area contributed by atoms with E-state index >= 15 is 0 Å². The predicted molar refractivity (Wildman–Crippen MR) is 95.4 cm³/mol. The summed E-state index contributed by atoms with van der Waals surface area (Å²) in [6.07, 6.45) is -4.42. The Morgan fingerprint density at radius 2 is 1.52 bits per heavy atom. The van der Waals surface area contributed by atoms with Gasteiger partial charge in [-0.15, -0.1) is 5.10 Å². The number of alkyl halides is 3. The molecular formula is C14H14CuF3N5S2. The van der Waals surface area contributed by atoms with Crippen LogP contribution in [0.2, 0.25) is 0 Å². The van der Waals surface area contributed by atoms with Crippen LogP contribution >= 0.6 is 0 Å². The molecule has 0 saturated carbocycles. The topological polar surface area (TPSA) is 61.5 Å². The average Bonchev–Trinajstić information content (AvgIpc) is 2.52. The molecule has 1 N–H and O–H groups in total. The van der Waals surface area contributed by atoms with E-state index in [4.69, 9.17) is 25.3 Å². The summed E-state index contributed by atoms with van der Waals surface area (Å²) < 4.78 is 38.0. The van der Waals surface area contributed by atoms with Gasteiger partial charge in [-0.2, -0.15) is 28.5 Å². The summed E-state index contributed by atoms with van der Waals surface area (Å²) in [5, 5.41) is 18.4. The third-order valence-electron chi connectivity index (χ3n) is 2.62. The normalized spacial score (nSPS) is 14.2. The van der Waals surface area contributed by atoms with E-state index in [1.807, 2.05) is 0 Å². The van der Waals surface area contributed by atoms with Crippen molar-refractivity contribution in [3.8, 4) is 0 Å². The Labute approximate surface area is 165 Å². The number of nitrogens with one attached hydrogen (secondary N) is 1. The van der Waals surface area contributed by atoms with Gasteiger partial charge in [0.25, 0.3) is 0 Å². The van der Waals surface area contributed by atoms with Gasteiger partial charge in [-0.05, 0) is 31.1 Å². The summed E-state index contributed by atoms with van der Waals surface area (Å²) in [4.78, 5) is 0. The van der Waals surface area contributed by atoms with Crippen LogP contribution in [-0.4, -0.2) is 28.7 Å². The molecule has 0 saturated heterocycles. The number of amidine groups is 1. The Hall–Kier alpha value is -1.55. The zero-order valence-electron chi connectivity index (χ0n) is 13.4. The van der Waals surface area contributed by atoms with Crippen molar-refractivity contribution in [1.29, 1.82) is 0 Å². The number of rotatable bonds is 4. The predicted octanol–water partition coefficient (Wildman–Crippen LogP) is 2.87. The maximum Gasteiger partial charge on any atom is 2.00 e. The molecule has 139 valence electrons. The minimum absolute atomic E-state index is 0. The summed E-state index contributed by atoms with van der Waals surface area (Å²) in [6, 6.07) is 4.47. The van der Waals surface area contributed by atoms with Crippen molar-refractivity contribution < 1.29 is 30.2 Å². The minimum atomic E-state index is -4.42. The molecule has 0 aliphatic heterocycles. The van der Waals surface area contributed by atoms with Gasteiger partial charge in [-0.3, -0.25) is 0 Å². The van der Waals surface area contributed by atoms with Gasteiger partial charge in [0.2, 0.25) is 0 Å². The second-order valence-electron chi connectivity index (χ2n) is 4.48. The molecule has 0 aliphatic carbocycles. The second kappa shape index (κ2) is 10.4. The molecule has 0 aromatic heterocycles. The van der Waals surface area contributed by atoms with Crippen molar-refractivity contribution in [2.75, 3.05) is 7.05 Å². The van der Waals surface area contributed by atoms with Crippen molar-refractivity contribution in [2.45, 2.75) is 20.0 Å². The molecule has 0 amide bonds. The molecule has 0 spiro atoms. The molecule has 0 atom stereocenters. The zero-order valence-corrected chi connectivity index (χ0v) is 15.9. The van der Waals surface area contributed by atoms with E-state index in [1.54, 1.807) is 20.9 Å². The number of hydrogen-bond acceptors (Lipinski definition) is 6. The first-order valence-electron chi connectivity index (χ1n) is 6.59. The molecule has 0 heterocycles. The van der Waals surface area contributed by atoms with Gasteiger partial charge in [0.05, 0.1) is 11.3 Å². The van der Waals surface area contributed by atoms with Crippen LogP contribution in [0.15, 0.2) is 44.7 Å². The van der Waals surface area contributed by atoms with E-state index in [0.717, 1.165) is 12.1 Å². The van der Waals surface area contributed by atoms with Crippen LogP contribution in [0.25, 0.3) is 0 Å². The van der Waals surface area contributed by atoms with E-state index in [1.165, 1.54) is 12.1 Å². The first-order valence-corrected chi connectivity index (χ1v) is 7.41. The SMILES string of the molecule is CN/C([S-])=N/N=C(/C(C)=N/N=C(/C)[S-])c1ccc(C(F)(F)F)cc1.[Cu+2]. The van der Waals surface area contributed by atoms with E-state index in [9.17, 15) is 13.2 Å². The van der Waals surface area contributed by atoms with Crippen LogP contribution in [0.1, 0.15) is 25.0 Å². The summed E-state index contributed by atoms with van der Waals surface area (Å²) in [6.45, 7) is 3.18. The molecule has 25 heavy (non-hydrogen) atoms. The third-order valence-corrected chi connectivity index (χ3v) is 2.99. The van der Waals surface area contributed by atoms with Crippen LogP contribution < -0.4 is 5.32 Å². The first kappa shape index (κ1) is 23.4. The third kappa shape index (κ3) is 7.91. The number of halogens is 3. The summed E-state index contributed by atoms with van der Waals surface area (Å²) in [5.74, 6) is 0. The van der Waals surface area contributed by atoms with E-state index < -0.39 is 11.7 Å². The van der Waals surface area contributed by atoms with Gasteiger partial charge in [-0.25, -0.2) is 0 Å². The number of benzene rings is 1. The Morgan fingerprint density at radius 1 is 0.960 bits per heavy atom. The summed E-state index contributed by atoms with van der Waals surface area (Å²) in [7, 11) is 1.57. The maximum absolute atomic E-state index is 12.7. The van der Waals surface area contributed by atoms with Gasteiger partial charge >= 0.3 is 23.2 Å². The number of nitrogens with zero attached hydrogens (tertiary/aromatic N) is 4. The molecule has 0 aliphatic rings. The van der Waals surface area contributed by atoms with E-state index in [0.29, 0.717) is 16.3 Å². The van der Waals surface area contributed by atoms with E-state index in [2.05, 4.69) is 25.7 Å². The van der Waals surface area contributed by atoms with Crippen LogP contribution in [0.4, 0.5) is 13.2 Å². The van der Waals surface area contributed by atoms with Gasteiger partial charge in [-0.1, -0.05) is 17.2 Å². The quantitative estimate of drug-likeness (QED) is 0.259. The summed E-state index contributed by atoms with van der Waals surface area (Å²) >= 11 is 9.68. The second-order valence-corrected chi connectivity index (χ2v) is 5.46. The fourth-order valence-corrected chi connectivity index (χ4v) is 1.58. The van der Waals surface area contributed by atoms with Crippen molar-refractivity contribution in [2.24, 2.45) is 20.4 Å². The molecule has 11 heteroatoms. The Morgan fingerprint density at radius 3 is 1.96 bits per heavy atom. The first-order chi connectivity index (χ1) is 11.1. The largest absolute Gasteiger partial charge is 2.00 e. The molecule has 1 aromatic carbocycles. The maximum atomic E-state index is 12.7. The fourth-order valence-electron chi connectivity index (χ4n) is 1.49. The van der Waals surface area contributed by atoms with Crippen LogP contribution in [0.5, 0.6) is 0 Å². The smallest absolute Gasteiger partial charge is 0.763 e. The standard InChI is InChI=1S/C14H16F3N5S2.Cu/c1-8(19-20-9(2)23)12(21-22-13(24)18-3)10-4-6-11(7-5-10)14(15,16)17;/h4-7H,1-3H3,(H,20,23)(H2,18,22,24);/q;+2/p-2/b19-8+,21-12-;. The zero-order chi connectivity index (χ0) is 18.3. The number of hydrogen-bond donors (Lipinski definition) is 1. The monoisotopic (exact) mass is 436 g/mol. The molecule has 0 fully saturated rings. The van der Waals surface area contributed by atoms with Crippen LogP contribution in [0.3, 0.4) is 0 Å². The molecular weight excluding hydrogens is 423 g/mol. The van der Waals surface area contributed by atoms with Gasteiger partial charge < -0.3 is 30.6 Å². The van der Waals surface area contributed by atoms with Crippen molar-refractivity contribution in [3.63, 3.8) is 0 Å². The Kier molecular flexibility index (Phi) is 9.80. The molecule has 1 aromatic rings. The molecule has 1 radical (unpaired) electrons. The fraction of sp³-hybridized carbons (Fsp3) is 0.286. The van der Waals surface area contributed by atoms with E-state index in [-0.39, 0.29) is 27.9 Å². The molecule has 0 unspecified atom stereocenters. The Bertz CT molecular complexity index is 693. The Balaban J connectivity index is 0.00000576. The summed E-state index contributed by atoms with van der Waals surface area (Å²) in [5.41, 5.74) is 0.203. The molecule has 1 rings (SSSR count). The van der Waals surface area contributed by atoms with Crippen molar-refractivity contribution in [1.82, 2.24) is 5.32 Å². The van der Waals surface area contributed by atoms with Crippen LogP contribution in [0, 0.1) is 0 Å². The van der Waals surface area contributed by atoms with Gasteiger partial charge in [0.1, 0.15) is 5.71 Å². The average molecular weight is 437 g/mol. The van der Waals surface area contributed by atoms with Gasteiger partial charge in [0, 0.05) is 12.6 Å². The van der Waals surface area contributed by atoms with Crippen molar-refractivity contribution >= 4 is 46.9 Å². The minimum Gasteiger partial charge on any atom is -0.763 e. The van der Waals surface area contributed by atoms with Crippen LogP contribution in [-0.2, 0) is 48.5 Å². The molecule has 5 nitrogen and oxygen atoms in total. The molecule has 0 bridgehead atoms. The van der Waals surface area contributed by atoms with Crippen molar-refractivity contribution in [3.05, 3.63) is 35.4 Å². The van der Waals surface area contributed by atoms with Gasteiger partial charge in [0.15, 0.2) is 0 Å².